The fraction of sp³-hybridized carbons (Fsp3) is 0.438. The van der Waals surface area contributed by atoms with Crippen LogP contribution in [0.3, 0.4) is 0 Å². The van der Waals surface area contributed by atoms with Gasteiger partial charge >= 0.3 is 5.97 Å². The summed E-state index contributed by atoms with van der Waals surface area (Å²) < 4.78 is 5.13. The number of esters is 1. The van der Waals surface area contributed by atoms with Crippen LogP contribution < -0.4 is 10.9 Å². The monoisotopic (exact) mass is 272 g/mol. The highest BCUT2D eigenvalue weighted by Gasteiger charge is 2.45. The highest BCUT2D eigenvalue weighted by Crippen LogP contribution is 2.37. The van der Waals surface area contributed by atoms with Crippen LogP contribution in [0.25, 0.3) is 6.08 Å². The quantitative estimate of drug-likeness (QED) is 0.825. The molecule has 0 spiro atoms. The Labute approximate surface area is 119 Å². The highest BCUT2D eigenvalue weighted by molar-refractivity contribution is 5.77. The molecule has 3 unspecified atom stereocenters. The van der Waals surface area contributed by atoms with Crippen molar-refractivity contribution >= 4 is 12.0 Å². The van der Waals surface area contributed by atoms with Gasteiger partial charge in [-0.05, 0) is 25.3 Å². The zero-order valence-corrected chi connectivity index (χ0v) is 11.6. The summed E-state index contributed by atoms with van der Waals surface area (Å²) in [5.74, 6) is 0.150. The number of hydrogen-bond donors (Lipinski definition) is 2. The SMILES string of the molecule is CCOC(=O)C1NNC2/C(=C\c3ccccc3)CCC12. The molecule has 0 amide bonds. The Kier molecular flexibility index (Phi) is 3.85. The molecule has 1 saturated heterocycles. The lowest BCUT2D eigenvalue weighted by atomic mass is 9.96. The zero-order chi connectivity index (χ0) is 13.9. The molecule has 1 aromatic rings. The van der Waals surface area contributed by atoms with E-state index in [-0.39, 0.29) is 18.1 Å². The van der Waals surface area contributed by atoms with Gasteiger partial charge in [-0.2, -0.15) is 0 Å². The average Bonchev–Trinajstić information content (AvgIpc) is 3.03. The predicted octanol–water partition coefficient (Wildman–Crippen LogP) is 1.89. The maximum absolute atomic E-state index is 11.9. The number of carbonyl (C=O) groups is 1. The Bertz CT molecular complexity index is 512. The molecule has 2 aliphatic rings. The van der Waals surface area contributed by atoms with Crippen molar-refractivity contribution in [3.8, 4) is 0 Å². The molecule has 2 N–H and O–H groups in total. The molecule has 3 rings (SSSR count). The third-order valence-corrected chi connectivity index (χ3v) is 4.11. The lowest BCUT2D eigenvalue weighted by Gasteiger charge is -2.14. The van der Waals surface area contributed by atoms with E-state index in [0.29, 0.717) is 12.5 Å². The summed E-state index contributed by atoms with van der Waals surface area (Å²) >= 11 is 0. The first-order valence-corrected chi connectivity index (χ1v) is 7.23. The van der Waals surface area contributed by atoms with E-state index >= 15 is 0 Å². The van der Waals surface area contributed by atoms with Gasteiger partial charge in [0.15, 0.2) is 0 Å². The summed E-state index contributed by atoms with van der Waals surface area (Å²) in [6.45, 7) is 2.27. The standard InChI is InChI=1S/C16H20N2O2/c1-2-20-16(19)15-13-9-8-12(14(13)17-18-15)10-11-6-4-3-5-7-11/h3-7,10,13-15,17-18H,2,8-9H2,1H3/b12-10-. The zero-order valence-electron chi connectivity index (χ0n) is 11.6. The maximum atomic E-state index is 11.9. The van der Waals surface area contributed by atoms with Crippen molar-refractivity contribution in [3.05, 3.63) is 41.5 Å². The Morgan fingerprint density at radius 1 is 1.35 bits per heavy atom. The molecule has 1 aliphatic carbocycles. The van der Waals surface area contributed by atoms with E-state index in [9.17, 15) is 4.79 Å². The molecule has 1 heterocycles. The topological polar surface area (TPSA) is 50.4 Å². The second kappa shape index (κ2) is 5.77. The molecule has 4 heteroatoms. The van der Waals surface area contributed by atoms with E-state index in [1.807, 2.05) is 25.1 Å². The molecule has 3 atom stereocenters. The summed E-state index contributed by atoms with van der Waals surface area (Å²) in [7, 11) is 0. The number of hydrogen-bond acceptors (Lipinski definition) is 4. The third-order valence-electron chi connectivity index (χ3n) is 4.11. The highest BCUT2D eigenvalue weighted by atomic mass is 16.5. The molecule has 106 valence electrons. The van der Waals surface area contributed by atoms with Crippen LogP contribution in [-0.2, 0) is 9.53 Å². The molecule has 1 aromatic carbocycles. The number of carbonyl (C=O) groups excluding carboxylic acids is 1. The minimum absolute atomic E-state index is 0.145. The van der Waals surface area contributed by atoms with Gasteiger partial charge in [0.2, 0.25) is 0 Å². The number of benzene rings is 1. The summed E-state index contributed by atoms with van der Waals surface area (Å²) in [6, 6.07) is 10.3. The first kappa shape index (κ1) is 13.3. The molecule has 2 fully saturated rings. The van der Waals surface area contributed by atoms with Gasteiger partial charge in [-0.25, -0.2) is 10.9 Å². The molecular weight excluding hydrogens is 252 g/mol. The van der Waals surface area contributed by atoms with Crippen LogP contribution in [0.5, 0.6) is 0 Å². The molecule has 1 aliphatic heterocycles. The fourth-order valence-corrected chi connectivity index (χ4v) is 3.17. The fourth-order valence-electron chi connectivity index (χ4n) is 3.17. The van der Waals surface area contributed by atoms with Crippen LogP contribution in [0, 0.1) is 5.92 Å². The maximum Gasteiger partial charge on any atom is 0.324 e. The first-order chi connectivity index (χ1) is 9.79. The van der Waals surface area contributed by atoms with Crippen molar-refractivity contribution in [2.24, 2.45) is 5.92 Å². The van der Waals surface area contributed by atoms with Crippen LogP contribution >= 0.6 is 0 Å². The van der Waals surface area contributed by atoms with Crippen LogP contribution in [-0.4, -0.2) is 24.7 Å². The lowest BCUT2D eigenvalue weighted by molar-refractivity contribution is -0.146. The van der Waals surface area contributed by atoms with E-state index < -0.39 is 0 Å². The van der Waals surface area contributed by atoms with Crippen molar-refractivity contribution in [1.29, 1.82) is 0 Å². The summed E-state index contributed by atoms with van der Waals surface area (Å²) in [4.78, 5) is 11.9. The summed E-state index contributed by atoms with van der Waals surface area (Å²) in [5.41, 5.74) is 8.93. The van der Waals surface area contributed by atoms with E-state index in [2.05, 4.69) is 29.1 Å². The lowest BCUT2D eigenvalue weighted by Crippen LogP contribution is -2.40. The van der Waals surface area contributed by atoms with Gasteiger partial charge in [0.1, 0.15) is 6.04 Å². The van der Waals surface area contributed by atoms with Gasteiger partial charge in [0, 0.05) is 12.0 Å². The van der Waals surface area contributed by atoms with Crippen LogP contribution in [0.1, 0.15) is 25.3 Å². The second-order valence-corrected chi connectivity index (χ2v) is 5.33. The number of fused-ring (bicyclic) bond motifs is 1. The average molecular weight is 272 g/mol. The summed E-state index contributed by atoms with van der Waals surface area (Å²) in [5, 5.41) is 0. The second-order valence-electron chi connectivity index (χ2n) is 5.33. The molecule has 0 bridgehead atoms. The van der Waals surface area contributed by atoms with Crippen LogP contribution in [0.2, 0.25) is 0 Å². The van der Waals surface area contributed by atoms with Crippen molar-refractivity contribution in [2.45, 2.75) is 31.8 Å². The molecule has 4 nitrogen and oxygen atoms in total. The minimum Gasteiger partial charge on any atom is -0.465 e. The van der Waals surface area contributed by atoms with Gasteiger partial charge in [0.25, 0.3) is 0 Å². The molecular formula is C16H20N2O2. The number of rotatable bonds is 3. The Hall–Kier alpha value is -1.65. The first-order valence-electron chi connectivity index (χ1n) is 7.23. The van der Waals surface area contributed by atoms with Crippen molar-refractivity contribution in [3.63, 3.8) is 0 Å². The Morgan fingerprint density at radius 3 is 2.90 bits per heavy atom. The van der Waals surface area contributed by atoms with E-state index in [1.165, 1.54) is 11.1 Å². The number of hydrazine groups is 1. The number of nitrogens with one attached hydrogen (secondary N) is 2. The molecule has 0 radical (unpaired) electrons. The molecule has 0 aromatic heterocycles. The van der Waals surface area contributed by atoms with Crippen LogP contribution in [0.4, 0.5) is 0 Å². The van der Waals surface area contributed by atoms with Gasteiger partial charge in [-0.3, -0.25) is 4.79 Å². The smallest absolute Gasteiger partial charge is 0.324 e. The third kappa shape index (κ3) is 2.49. The normalized spacial score (nSPS) is 30.4. The van der Waals surface area contributed by atoms with Gasteiger partial charge in [-0.15, -0.1) is 0 Å². The van der Waals surface area contributed by atoms with Crippen molar-refractivity contribution in [1.82, 2.24) is 10.9 Å². The van der Waals surface area contributed by atoms with E-state index in [4.69, 9.17) is 4.74 Å². The van der Waals surface area contributed by atoms with Crippen LogP contribution in [0.15, 0.2) is 35.9 Å². The van der Waals surface area contributed by atoms with Gasteiger partial charge < -0.3 is 4.74 Å². The molecule has 20 heavy (non-hydrogen) atoms. The van der Waals surface area contributed by atoms with E-state index in [0.717, 1.165) is 12.8 Å². The predicted molar refractivity (Wildman–Crippen MR) is 77.6 cm³/mol. The largest absolute Gasteiger partial charge is 0.465 e. The van der Waals surface area contributed by atoms with E-state index in [1.54, 1.807) is 0 Å². The minimum atomic E-state index is -0.221. The Balaban J connectivity index is 1.74. The summed E-state index contributed by atoms with van der Waals surface area (Å²) in [6.07, 6.45) is 4.29. The molecule has 1 saturated carbocycles. The van der Waals surface area contributed by atoms with Crippen molar-refractivity contribution < 1.29 is 9.53 Å². The van der Waals surface area contributed by atoms with Gasteiger partial charge in [0.05, 0.1) is 6.61 Å². The number of ether oxygens (including phenoxy) is 1. The van der Waals surface area contributed by atoms with Gasteiger partial charge in [-0.1, -0.05) is 42.0 Å². The van der Waals surface area contributed by atoms with Crippen molar-refractivity contribution in [2.75, 3.05) is 6.61 Å². The Morgan fingerprint density at radius 2 is 2.15 bits per heavy atom.